The average molecular weight is 326 g/mol. The summed E-state index contributed by atoms with van der Waals surface area (Å²) >= 11 is 0. The van der Waals surface area contributed by atoms with Gasteiger partial charge in [0.25, 0.3) is 0 Å². The number of ether oxygens (including phenoxy) is 1. The lowest BCUT2D eigenvalue weighted by Gasteiger charge is -2.22. The highest BCUT2D eigenvalue weighted by Gasteiger charge is 2.17. The van der Waals surface area contributed by atoms with E-state index in [4.69, 9.17) is 9.72 Å². The lowest BCUT2D eigenvalue weighted by atomic mass is 10.1. The normalized spacial score (nSPS) is 12.0. The largest absolute Gasteiger partial charge is 0.461 e. The molecule has 4 aromatic rings. The van der Waals surface area contributed by atoms with Gasteiger partial charge in [0.2, 0.25) is 0 Å². The van der Waals surface area contributed by atoms with Crippen LogP contribution in [0.4, 0.5) is 0 Å². The van der Waals surface area contributed by atoms with E-state index >= 15 is 0 Å². The van der Waals surface area contributed by atoms with E-state index in [1.165, 1.54) is 0 Å². The van der Waals surface area contributed by atoms with Crippen LogP contribution in [0.25, 0.3) is 10.9 Å². The molecule has 3 heteroatoms. The number of nitrogens with zero attached hydrogens (tertiary/aromatic N) is 1. The molecule has 1 aromatic heterocycles. The van der Waals surface area contributed by atoms with Crippen LogP contribution < -0.4 is 0 Å². The van der Waals surface area contributed by atoms with E-state index in [0.29, 0.717) is 11.3 Å². The van der Waals surface area contributed by atoms with Crippen molar-refractivity contribution in [3.8, 4) is 0 Å². The first kappa shape index (κ1) is 15.2. The standard InChI is InChI=1S/C22H16NO2/c24-22(18-11-2-1-3-12-18)25-21(17-9-4-5-10-17)20-15-14-16-8-6-7-13-19(16)23-20/h1-15,21H/q-1. The third-order valence-corrected chi connectivity index (χ3v) is 4.11. The molecule has 1 unspecified atom stereocenters. The van der Waals surface area contributed by atoms with Crippen LogP contribution in [0, 0.1) is 0 Å². The number of rotatable bonds is 4. The van der Waals surface area contributed by atoms with Gasteiger partial charge in [0.15, 0.2) is 0 Å². The highest BCUT2D eigenvalue weighted by atomic mass is 16.5. The summed E-state index contributed by atoms with van der Waals surface area (Å²) in [5.74, 6) is -0.359. The summed E-state index contributed by atoms with van der Waals surface area (Å²) < 4.78 is 5.81. The van der Waals surface area contributed by atoms with Gasteiger partial charge >= 0.3 is 5.97 Å². The number of benzene rings is 2. The van der Waals surface area contributed by atoms with Crippen LogP contribution in [-0.2, 0) is 4.74 Å². The molecule has 1 heterocycles. The van der Waals surface area contributed by atoms with E-state index in [2.05, 4.69) is 0 Å². The highest BCUT2D eigenvalue weighted by Crippen LogP contribution is 2.28. The molecule has 0 radical (unpaired) electrons. The van der Waals surface area contributed by atoms with Crippen LogP contribution in [0.3, 0.4) is 0 Å². The Morgan fingerprint density at radius 3 is 2.52 bits per heavy atom. The number of esters is 1. The van der Waals surface area contributed by atoms with Gasteiger partial charge in [-0.15, -0.1) is 0 Å². The second-order valence-corrected chi connectivity index (χ2v) is 5.80. The number of hydrogen-bond donors (Lipinski definition) is 0. The van der Waals surface area contributed by atoms with Crippen molar-refractivity contribution in [2.24, 2.45) is 0 Å². The van der Waals surface area contributed by atoms with Gasteiger partial charge in [-0.05, 0) is 24.3 Å². The summed E-state index contributed by atoms with van der Waals surface area (Å²) in [6.07, 6.45) is -0.535. The summed E-state index contributed by atoms with van der Waals surface area (Å²) in [6, 6.07) is 28.6. The fourth-order valence-electron chi connectivity index (χ4n) is 2.84. The molecule has 4 rings (SSSR count). The Kier molecular flexibility index (Phi) is 4.05. The fourth-order valence-corrected chi connectivity index (χ4v) is 2.84. The van der Waals surface area contributed by atoms with Gasteiger partial charge in [-0.25, -0.2) is 15.8 Å². The Labute approximate surface area is 145 Å². The zero-order valence-corrected chi connectivity index (χ0v) is 13.5. The van der Waals surface area contributed by atoms with Crippen LogP contribution in [-0.4, -0.2) is 11.0 Å². The Morgan fingerprint density at radius 2 is 1.72 bits per heavy atom. The lowest BCUT2D eigenvalue weighted by Crippen LogP contribution is -2.13. The fraction of sp³-hybridized carbons (Fsp3) is 0.0455. The third-order valence-electron chi connectivity index (χ3n) is 4.11. The highest BCUT2D eigenvalue weighted by molar-refractivity contribution is 5.89. The van der Waals surface area contributed by atoms with Crippen molar-refractivity contribution < 1.29 is 9.53 Å². The first-order valence-electron chi connectivity index (χ1n) is 8.14. The van der Waals surface area contributed by atoms with Crippen LogP contribution in [0.15, 0.2) is 91.0 Å². The Balaban J connectivity index is 1.72. The van der Waals surface area contributed by atoms with Gasteiger partial charge in [0.1, 0.15) is 6.10 Å². The maximum Gasteiger partial charge on any atom is 0.338 e. The predicted octanol–water partition coefficient (Wildman–Crippen LogP) is 4.90. The Hall–Kier alpha value is -3.33. The molecule has 0 aliphatic rings. The second kappa shape index (κ2) is 6.65. The summed E-state index contributed by atoms with van der Waals surface area (Å²) in [4.78, 5) is 17.2. The predicted molar refractivity (Wildman–Crippen MR) is 97.5 cm³/mol. The van der Waals surface area contributed by atoms with E-state index in [1.54, 1.807) is 12.1 Å². The number of hydrogen-bond acceptors (Lipinski definition) is 3. The van der Waals surface area contributed by atoms with Crippen molar-refractivity contribution in [1.82, 2.24) is 4.98 Å². The van der Waals surface area contributed by atoms with Crippen molar-refractivity contribution >= 4 is 16.9 Å². The molecular weight excluding hydrogens is 310 g/mol. The maximum absolute atomic E-state index is 12.5. The van der Waals surface area contributed by atoms with Crippen molar-refractivity contribution in [3.05, 3.63) is 108 Å². The SMILES string of the molecule is O=C(OC(c1cc[cH-]c1)c1ccc2ccccc2n1)c1ccccc1. The molecule has 3 nitrogen and oxygen atoms in total. The molecule has 0 amide bonds. The first-order chi connectivity index (χ1) is 12.3. The molecule has 0 fully saturated rings. The van der Waals surface area contributed by atoms with Gasteiger partial charge in [0, 0.05) is 5.39 Å². The minimum atomic E-state index is -0.535. The van der Waals surface area contributed by atoms with Crippen molar-refractivity contribution in [2.75, 3.05) is 0 Å². The van der Waals surface area contributed by atoms with E-state index in [0.717, 1.165) is 16.5 Å². The van der Waals surface area contributed by atoms with Crippen LogP contribution in [0.5, 0.6) is 0 Å². The zero-order chi connectivity index (χ0) is 17.1. The molecule has 0 spiro atoms. The van der Waals surface area contributed by atoms with Gasteiger partial charge in [-0.2, -0.15) is 23.8 Å². The number of carbonyl (C=O) groups is 1. The molecule has 0 saturated heterocycles. The summed E-state index contributed by atoms with van der Waals surface area (Å²) in [5, 5.41) is 1.06. The minimum absolute atomic E-state index is 0.359. The van der Waals surface area contributed by atoms with Gasteiger partial charge in [0.05, 0.1) is 16.8 Å². The van der Waals surface area contributed by atoms with Gasteiger partial charge in [-0.3, -0.25) is 0 Å². The molecule has 122 valence electrons. The first-order valence-corrected chi connectivity index (χ1v) is 8.14. The molecule has 0 N–H and O–H groups in total. The Morgan fingerprint density at radius 1 is 0.920 bits per heavy atom. The monoisotopic (exact) mass is 326 g/mol. The zero-order valence-electron chi connectivity index (χ0n) is 13.5. The molecule has 1 atom stereocenters. The molecule has 0 aliphatic carbocycles. The second-order valence-electron chi connectivity index (χ2n) is 5.80. The summed E-state index contributed by atoms with van der Waals surface area (Å²) in [6.45, 7) is 0. The Bertz CT molecular complexity index is 991. The van der Waals surface area contributed by atoms with E-state index in [-0.39, 0.29) is 5.97 Å². The number of pyridine rings is 1. The molecule has 0 bridgehead atoms. The number of carbonyl (C=O) groups excluding carboxylic acids is 1. The number of para-hydroxylation sites is 1. The summed E-state index contributed by atoms with van der Waals surface area (Å²) in [5.41, 5.74) is 3.04. The van der Waals surface area contributed by atoms with Gasteiger partial charge < -0.3 is 4.74 Å². The molecule has 0 saturated carbocycles. The number of aromatic nitrogens is 1. The average Bonchev–Trinajstić information content (AvgIpc) is 3.20. The van der Waals surface area contributed by atoms with Crippen molar-refractivity contribution in [3.63, 3.8) is 0 Å². The van der Waals surface area contributed by atoms with Crippen molar-refractivity contribution in [2.45, 2.75) is 6.10 Å². The van der Waals surface area contributed by atoms with Crippen LogP contribution >= 0.6 is 0 Å². The third kappa shape index (κ3) is 3.17. The smallest absolute Gasteiger partial charge is 0.338 e. The van der Waals surface area contributed by atoms with E-state index in [1.807, 2.05) is 78.9 Å². The molecular formula is C22H16NO2-. The van der Waals surface area contributed by atoms with Gasteiger partial charge in [-0.1, -0.05) is 42.5 Å². The minimum Gasteiger partial charge on any atom is -0.461 e. The molecule has 25 heavy (non-hydrogen) atoms. The molecule has 3 aromatic carbocycles. The topological polar surface area (TPSA) is 39.2 Å². The quantitative estimate of drug-likeness (QED) is 0.395. The van der Waals surface area contributed by atoms with E-state index in [9.17, 15) is 4.79 Å². The van der Waals surface area contributed by atoms with Crippen molar-refractivity contribution in [1.29, 1.82) is 0 Å². The molecule has 0 aliphatic heterocycles. The van der Waals surface area contributed by atoms with E-state index < -0.39 is 6.10 Å². The summed E-state index contributed by atoms with van der Waals surface area (Å²) in [7, 11) is 0. The maximum atomic E-state index is 12.5. The van der Waals surface area contributed by atoms with Crippen LogP contribution in [0.1, 0.15) is 27.7 Å². The number of fused-ring (bicyclic) bond motifs is 1. The van der Waals surface area contributed by atoms with Crippen LogP contribution in [0.2, 0.25) is 0 Å². The lowest BCUT2D eigenvalue weighted by molar-refractivity contribution is 0.0371.